The summed E-state index contributed by atoms with van der Waals surface area (Å²) in [5, 5.41) is 21.9. The van der Waals surface area contributed by atoms with Gasteiger partial charge in [0, 0.05) is 13.1 Å². The highest BCUT2D eigenvalue weighted by Gasteiger charge is 2.00. The van der Waals surface area contributed by atoms with Gasteiger partial charge in [-0.3, -0.25) is 0 Å². The lowest BCUT2D eigenvalue weighted by molar-refractivity contribution is 0.280. The van der Waals surface area contributed by atoms with Gasteiger partial charge in [0.15, 0.2) is 0 Å². The molecular weight excluding hydrogens is 226 g/mol. The zero-order valence-electron chi connectivity index (χ0n) is 10.1. The molecule has 0 fully saturated rings. The number of aromatic hydroxyl groups is 1. The van der Waals surface area contributed by atoms with Crippen LogP contribution in [0.3, 0.4) is 0 Å². The van der Waals surface area contributed by atoms with Crippen LogP contribution in [0.25, 0.3) is 0 Å². The Hall–Kier alpha value is -1.84. The summed E-state index contributed by atoms with van der Waals surface area (Å²) >= 11 is 0. The minimum atomic E-state index is 0.0595. The van der Waals surface area contributed by atoms with Gasteiger partial charge in [0.1, 0.15) is 5.75 Å². The van der Waals surface area contributed by atoms with Crippen molar-refractivity contribution in [3.8, 4) is 5.75 Å². The number of aliphatic hydroxyl groups excluding tert-OH is 1. The predicted octanol–water partition coefficient (Wildman–Crippen LogP) is 2.17. The Morgan fingerprint density at radius 3 is 2.39 bits per heavy atom. The molecule has 0 saturated heterocycles. The highest BCUT2D eigenvalue weighted by molar-refractivity contribution is 5.28. The van der Waals surface area contributed by atoms with Crippen molar-refractivity contribution in [3.05, 3.63) is 65.2 Å². The average molecular weight is 243 g/mol. The third kappa shape index (κ3) is 3.32. The van der Waals surface area contributed by atoms with Crippen LogP contribution in [0.1, 0.15) is 16.7 Å². The van der Waals surface area contributed by atoms with Gasteiger partial charge in [0.25, 0.3) is 0 Å². The number of hydrogen-bond donors (Lipinski definition) is 3. The summed E-state index contributed by atoms with van der Waals surface area (Å²) in [4.78, 5) is 0. The SMILES string of the molecule is OCc1ccccc1CNCc1cccc(O)c1. The maximum absolute atomic E-state index is 9.35. The Morgan fingerprint density at radius 1 is 0.889 bits per heavy atom. The van der Waals surface area contributed by atoms with E-state index >= 15 is 0 Å². The van der Waals surface area contributed by atoms with Crippen molar-refractivity contribution in [1.82, 2.24) is 5.32 Å². The highest BCUT2D eigenvalue weighted by atomic mass is 16.3. The second-order valence-electron chi connectivity index (χ2n) is 4.20. The fourth-order valence-electron chi connectivity index (χ4n) is 1.89. The van der Waals surface area contributed by atoms with Crippen molar-refractivity contribution in [2.75, 3.05) is 0 Å². The van der Waals surface area contributed by atoms with Gasteiger partial charge in [0.05, 0.1) is 6.61 Å². The predicted molar refractivity (Wildman–Crippen MR) is 71.0 cm³/mol. The van der Waals surface area contributed by atoms with E-state index in [0.717, 1.165) is 16.7 Å². The summed E-state index contributed by atoms with van der Waals surface area (Å²) in [7, 11) is 0. The third-order valence-corrected chi connectivity index (χ3v) is 2.84. The Labute approximate surface area is 107 Å². The molecule has 3 N–H and O–H groups in total. The van der Waals surface area contributed by atoms with Gasteiger partial charge in [-0.1, -0.05) is 36.4 Å². The Morgan fingerprint density at radius 2 is 1.67 bits per heavy atom. The van der Waals surface area contributed by atoms with Gasteiger partial charge < -0.3 is 15.5 Å². The molecule has 3 nitrogen and oxygen atoms in total. The molecule has 94 valence electrons. The second-order valence-corrected chi connectivity index (χ2v) is 4.20. The summed E-state index contributed by atoms with van der Waals surface area (Å²) in [6.45, 7) is 1.45. The van der Waals surface area contributed by atoms with E-state index in [1.807, 2.05) is 36.4 Å². The molecule has 0 aliphatic rings. The molecule has 0 unspecified atom stereocenters. The first kappa shape index (κ1) is 12.6. The standard InChI is InChI=1S/C15H17NO2/c17-11-14-6-2-1-5-13(14)10-16-9-12-4-3-7-15(18)8-12/h1-8,16-18H,9-11H2. The first-order valence-electron chi connectivity index (χ1n) is 5.96. The molecule has 0 radical (unpaired) electrons. The van der Waals surface area contributed by atoms with Gasteiger partial charge in [0.2, 0.25) is 0 Å². The van der Waals surface area contributed by atoms with Crippen molar-refractivity contribution in [3.63, 3.8) is 0 Å². The van der Waals surface area contributed by atoms with Crippen LogP contribution in [-0.2, 0) is 19.7 Å². The fourth-order valence-corrected chi connectivity index (χ4v) is 1.89. The van der Waals surface area contributed by atoms with E-state index in [2.05, 4.69) is 5.32 Å². The number of nitrogens with one attached hydrogen (secondary N) is 1. The normalized spacial score (nSPS) is 10.5. The topological polar surface area (TPSA) is 52.5 Å². The van der Waals surface area contributed by atoms with Crippen molar-refractivity contribution in [2.45, 2.75) is 19.7 Å². The maximum atomic E-state index is 9.35. The third-order valence-electron chi connectivity index (χ3n) is 2.84. The average Bonchev–Trinajstić information content (AvgIpc) is 2.39. The summed E-state index contributed by atoms with van der Waals surface area (Å²) < 4.78 is 0. The van der Waals surface area contributed by atoms with E-state index in [1.165, 1.54) is 0 Å². The van der Waals surface area contributed by atoms with Crippen LogP contribution in [0.15, 0.2) is 48.5 Å². The number of rotatable bonds is 5. The molecule has 0 amide bonds. The van der Waals surface area contributed by atoms with E-state index in [-0.39, 0.29) is 12.4 Å². The molecule has 0 spiro atoms. The lowest BCUT2D eigenvalue weighted by Gasteiger charge is -2.09. The zero-order valence-corrected chi connectivity index (χ0v) is 10.1. The number of phenolic OH excluding ortho intramolecular Hbond substituents is 1. The van der Waals surface area contributed by atoms with Crippen molar-refractivity contribution >= 4 is 0 Å². The molecule has 18 heavy (non-hydrogen) atoms. The Kier molecular flexibility index (Phi) is 4.34. The van der Waals surface area contributed by atoms with Crippen LogP contribution in [0.4, 0.5) is 0 Å². The van der Waals surface area contributed by atoms with Crippen LogP contribution in [0, 0.1) is 0 Å². The largest absolute Gasteiger partial charge is 0.508 e. The molecule has 0 atom stereocenters. The lowest BCUT2D eigenvalue weighted by atomic mass is 10.1. The van der Waals surface area contributed by atoms with E-state index < -0.39 is 0 Å². The minimum Gasteiger partial charge on any atom is -0.508 e. The second kappa shape index (κ2) is 6.19. The summed E-state index contributed by atoms with van der Waals surface area (Å²) in [5.74, 6) is 0.282. The van der Waals surface area contributed by atoms with E-state index in [1.54, 1.807) is 12.1 Å². The summed E-state index contributed by atoms with van der Waals surface area (Å²) in [6, 6.07) is 15.0. The molecule has 3 heteroatoms. The molecule has 0 heterocycles. The fraction of sp³-hybridized carbons (Fsp3) is 0.200. The van der Waals surface area contributed by atoms with Gasteiger partial charge >= 0.3 is 0 Å². The molecule has 0 aliphatic carbocycles. The van der Waals surface area contributed by atoms with Gasteiger partial charge in [-0.25, -0.2) is 0 Å². The van der Waals surface area contributed by atoms with Gasteiger partial charge in [-0.05, 0) is 28.8 Å². The first-order valence-corrected chi connectivity index (χ1v) is 5.96. The van der Waals surface area contributed by atoms with Gasteiger partial charge in [-0.15, -0.1) is 0 Å². The zero-order chi connectivity index (χ0) is 12.8. The highest BCUT2D eigenvalue weighted by Crippen LogP contribution is 2.12. The van der Waals surface area contributed by atoms with E-state index in [4.69, 9.17) is 0 Å². The maximum Gasteiger partial charge on any atom is 0.115 e. The first-order chi connectivity index (χ1) is 8.79. The number of hydrogen-bond acceptors (Lipinski definition) is 3. The molecule has 0 aromatic heterocycles. The van der Waals surface area contributed by atoms with E-state index in [0.29, 0.717) is 13.1 Å². The molecule has 2 aromatic rings. The van der Waals surface area contributed by atoms with Crippen LogP contribution in [0.2, 0.25) is 0 Å². The van der Waals surface area contributed by atoms with E-state index in [9.17, 15) is 10.2 Å². The number of aliphatic hydroxyl groups is 1. The number of phenols is 1. The smallest absolute Gasteiger partial charge is 0.115 e. The minimum absolute atomic E-state index is 0.0595. The van der Waals surface area contributed by atoms with Crippen LogP contribution in [0.5, 0.6) is 5.75 Å². The van der Waals surface area contributed by atoms with Crippen molar-refractivity contribution in [2.24, 2.45) is 0 Å². The van der Waals surface area contributed by atoms with Crippen molar-refractivity contribution < 1.29 is 10.2 Å². The van der Waals surface area contributed by atoms with Crippen LogP contribution < -0.4 is 5.32 Å². The molecule has 0 bridgehead atoms. The Bertz CT molecular complexity index is 511. The van der Waals surface area contributed by atoms with Gasteiger partial charge in [-0.2, -0.15) is 0 Å². The molecule has 0 aliphatic heterocycles. The molecule has 2 aromatic carbocycles. The molecule has 0 saturated carbocycles. The lowest BCUT2D eigenvalue weighted by Crippen LogP contribution is -2.13. The van der Waals surface area contributed by atoms with Crippen molar-refractivity contribution in [1.29, 1.82) is 0 Å². The van der Waals surface area contributed by atoms with Crippen LogP contribution in [-0.4, -0.2) is 10.2 Å². The Balaban J connectivity index is 1.92. The quantitative estimate of drug-likeness (QED) is 0.754. The summed E-state index contributed by atoms with van der Waals surface area (Å²) in [5.41, 5.74) is 3.08. The monoisotopic (exact) mass is 243 g/mol. The van der Waals surface area contributed by atoms with Crippen LogP contribution >= 0.6 is 0 Å². The summed E-state index contributed by atoms with van der Waals surface area (Å²) in [6.07, 6.45) is 0. The number of benzene rings is 2. The molecular formula is C15H17NO2. The molecule has 2 rings (SSSR count).